The van der Waals surface area contributed by atoms with Crippen LogP contribution in [0.3, 0.4) is 0 Å². The predicted octanol–water partition coefficient (Wildman–Crippen LogP) is 3.61. The molecular weight excluding hydrogens is 374 g/mol. The van der Waals surface area contributed by atoms with Crippen molar-refractivity contribution in [3.05, 3.63) is 58.1 Å². The Morgan fingerprint density at radius 3 is 2.62 bits per heavy atom. The number of halogens is 1. The van der Waals surface area contributed by atoms with Crippen LogP contribution in [0.2, 0.25) is 5.02 Å². The largest absolute Gasteiger partial charge is 0.486 e. The topological polar surface area (TPSA) is 64.6 Å². The zero-order valence-corrected chi connectivity index (χ0v) is 15.8. The third-order valence-corrected chi connectivity index (χ3v) is 6.45. The second-order valence-electron chi connectivity index (χ2n) is 6.61. The molecule has 0 saturated heterocycles. The number of sulfonamides is 1. The highest BCUT2D eigenvalue weighted by atomic mass is 35.5. The Labute approximate surface area is 158 Å². The Morgan fingerprint density at radius 1 is 1.12 bits per heavy atom. The lowest BCUT2D eigenvalue weighted by atomic mass is 9.88. The van der Waals surface area contributed by atoms with E-state index in [4.69, 9.17) is 21.1 Å². The molecule has 1 aliphatic carbocycles. The van der Waals surface area contributed by atoms with E-state index in [9.17, 15) is 8.42 Å². The number of rotatable bonds is 4. The molecule has 0 radical (unpaired) electrons. The number of benzene rings is 2. The number of hydrogen-bond acceptors (Lipinski definition) is 4. The Morgan fingerprint density at radius 2 is 1.85 bits per heavy atom. The second-order valence-corrected chi connectivity index (χ2v) is 8.77. The van der Waals surface area contributed by atoms with E-state index in [-0.39, 0.29) is 11.8 Å². The van der Waals surface area contributed by atoms with Crippen LogP contribution in [0.25, 0.3) is 0 Å². The average molecular weight is 394 g/mol. The van der Waals surface area contributed by atoms with Crippen LogP contribution < -0.4 is 14.2 Å². The smallest absolute Gasteiger partial charge is 0.216 e. The van der Waals surface area contributed by atoms with Crippen LogP contribution in [-0.4, -0.2) is 21.6 Å². The first kappa shape index (κ1) is 17.6. The van der Waals surface area contributed by atoms with E-state index in [2.05, 4.69) is 4.72 Å². The van der Waals surface area contributed by atoms with Crippen molar-refractivity contribution in [2.75, 3.05) is 13.2 Å². The fourth-order valence-electron chi connectivity index (χ4n) is 3.54. The zero-order valence-electron chi connectivity index (χ0n) is 14.2. The summed E-state index contributed by atoms with van der Waals surface area (Å²) >= 11 is 6.11. The highest BCUT2D eigenvalue weighted by molar-refractivity contribution is 7.88. The molecule has 138 valence electrons. The molecule has 0 aromatic heterocycles. The quantitative estimate of drug-likeness (QED) is 0.861. The van der Waals surface area contributed by atoms with Crippen molar-refractivity contribution in [1.82, 2.24) is 4.72 Å². The zero-order chi connectivity index (χ0) is 18.1. The SMILES string of the molecule is O=S(=O)(Cc1ccccc1Cl)NC1CCCc2cc3c(cc21)OCCO3. The Bertz CT molecular complexity index is 929. The van der Waals surface area contributed by atoms with Crippen molar-refractivity contribution in [3.63, 3.8) is 0 Å². The Hall–Kier alpha value is -1.76. The van der Waals surface area contributed by atoms with Gasteiger partial charge in [0.2, 0.25) is 10.0 Å². The summed E-state index contributed by atoms with van der Waals surface area (Å²) in [6.07, 6.45) is 2.59. The molecule has 5 nitrogen and oxygen atoms in total. The van der Waals surface area contributed by atoms with Crippen LogP contribution in [0.5, 0.6) is 11.5 Å². The normalized spacial score (nSPS) is 19.0. The van der Waals surface area contributed by atoms with Gasteiger partial charge in [0.1, 0.15) is 13.2 Å². The first-order valence-electron chi connectivity index (χ1n) is 8.68. The molecule has 2 aromatic carbocycles. The van der Waals surface area contributed by atoms with E-state index in [0.717, 1.165) is 36.1 Å². The van der Waals surface area contributed by atoms with Gasteiger partial charge in [-0.05, 0) is 54.2 Å². The van der Waals surface area contributed by atoms with Gasteiger partial charge in [0.25, 0.3) is 0 Å². The standard InChI is InChI=1S/C19H20ClNO4S/c20-16-6-2-1-4-14(16)12-26(22,23)21-17-7-3-5-13-10-18-19(11-15(13)17)25-9-8-24-18/h1-2,4,6,10-11,17,21H,3,5,7-9,12H2. The molecule has 7 heteroatoms. The molecule has 2 aromatic rings. The van der Waals surface area contributed by atoms with E-state index in [1.54, 1.807) is 24.3 Å². The maximum atomic E-state index is 12.7. The van der Waals surface area contributed by atoms with Crippen LogP contribution in [0.1, 0.15) is 35.6 Å². The van der Waals surface area contributed by atoms with Crippen LogP contribution in [0.15, 0.2) is 36.4 Å². The predicted molar refractivity (Wildman–Crippen MR) is 100 cm³/mol. The number of fused-ring (bicyclic) bond motifs is 2. The highest BCUT2D eigenvalue weighted by Crippen LogP contribution is 2.39. The van der Waals surface area contributed by atoms with Crippen molar-refractivity contribution in [2.24, 2.45) is 0 Å². The van der Waals surface area contributed by atoms with Crippen LogP contribution in [0.4, 0.5) is 0 Å². The molecular formula is C19H20ClNO4S. The van der Waals surface area contributed by atoms with Gasteiger partial charge in [-0.15, -0.1) is 0 Å². The third-order valence-electron chi connectivity index (χ3n) is 4.74. The maximum Gasteiger partial charge on any atom is 0.216 e. The molecule has 4 rings (SSSR count). The third kappa shape index (κ3) is 3.68. The van der Waals surface area contributed by atoms with Crippen molar-refractivity contribution in [1.29, 1.82) is 0 Å². The molecule has 1 aliphatic heterocycles. The van der Waals surface area contributed by atoms with E-state index in [0.29, 0.717) is 29.5 Å². The van der Waals surface area contributed by atoms with E-state index in [1.165, 1.54) is 0 Å². The van der Waals surface area contributed by atoms with E-state index < -0.39 is 10.0 Å². The fourth-order valence-corrected chi connectivity index (χ4v) is 5.25. The molecule has 0 amide bonds. The molecule has 1 unspecified atom stereocenters. The summed E-state index contributed by atoms with van der Waals surface area (Å²) in [5, 5.41) is 0.460. The summed E-state index contributed by atoms with van der Waals surface area (Å²) < 4.78 is 39.5. The van der Waals surface area contributed by atoms with Gasteiger partial charge in [-0.3, -0.25) is 0 Å². The molecule has 0 fully saturated rings. The molecule has 0 spiro atoms. The maximum absolute atomic E-state index is 12.7. The Balaban J connectivity index is 1.59. The first-order valence-corrected chi connectivity index (χ1v) is 10.7. The molecule has 1 heterocycles. The van der Waals surface area contributed by atoms with Crippen molar-refractivity contribution >= 4 is 21.6 Å². The minimum Gasteiger partial charge on any atom is -0.486 e. The van der Waals surface area contributed by atoms with Gasteiger partial charge in [0.05, 0.1) is 5.75 Å². The summed E-state index contributed by atoms with van der Waals surface area (Å²) in [6, 6.07) is 10.7. The molecule has 2 aliphatic rings. The van der Waals surface area contributed by atoms with E-state index >= 15 is 0 Å². The number of hydrogen-bond donors (Lipinski definition) is 1. The van der Waals surface area contributed by atoms with Gasteiger partial charge in [-0.2, -0.15) is 0 Å². The number of nitrogens with one attached hydrogen (secondary N) is 1. The lowest BCUT2D eigenvalue weighted by Crippen LogP contribution is -2.32. The Kier molecular flexibility index (Phi) is 4.82. The van der Waals surface area contributed by atoms with Gasteiger partial charge >= 0.3 is 0 Å². The monoisotopic (exact) mass is 393 g/mol. The van der Waals surface area contributed by atoms with Gasteiger partial charge in [-0.1, -0.05) is 29.8 Å². The summed E-state index contributed by atoms with van der Waals surface area (Å²) in [5.41, 5.74) is 2.69. The van der Waals surface area contributed by atoms with Crippen molar-refractivity contribution < 1.29 is 17.9 Å². The minimum atomic E-state index is -3.53. The second kappa shape index (κ2) is 7.10. The summed E-state index contributed by atoms with van der Waals surface area (Å²) in [5.74, 6) is 1.30. The molecule has 1 N–H and O–H groups in total. The highest BCUT2D eigenvalue weighted by Gasteiger charge is 2.28. The summed E-state index contributed by atoms with van der Waals surface area (Å²) in [4.78, 5) is 0. The minimum absolute atomic E-state index is 0.136. The fraction of sp³-hybridized carbons (Fsp3) is 0.368. The average Bonchev–Trinajstić information content (AvgIpc) is 2.62. The molecule has 1 atom stereocenters. The molecule has 0 bridgehead atoms. The lowest BCUT2D eigenvalue weighted by molar-refractivity contribution is 0.171. The van der Waals surface area contributed by atoms with E-state index in [1.807, 2.05) is 12.1 Å². The summed E-state index contributed by atoms with van der Waals surface area (Å²) in [6.45, 7) is 1.05. The van der Waals surface area contributed by atoms with Crippen molar-refractivity contribution in [2.45, 2.75) is 31.1 Å². The van der Waals surface area contributed by atoms with Crippen LogP contribution in [0, 0.1) is 0 Å². The molecule has 26 heavy (non-hydrogen) atoms. The lowest BCUT2D eigenvalue weighted by Gasteiger charge is -2.29. The summed E-state index contributed by atoms with van der Waals surface area (Å²) in [7, 11) is -3.53. The number of ether oxygens (including phenoxy) is 2. The van der Waals surface area contributed by atoms with Gasteiger partial charge < -0.3 is 9.47 Å². The van der Waals surface area contributed by atoms with Gasteiger partial charge in [-0.25, -0.2) is 13.1 Å². The van der Waals surface area contributed by atoms with Crippen LogP contribution in [-0.2, 0) is 22.2 Å². The van der Waals surface area contributed by atoms with Crippen molar-refractivity contribution in [3.8, 4) is 11.5 Å². The van der Waals surface area contributed by atoms with Crippen LogP contribution >= 0.6 is 11.6 Å². The van der Waals surface area contributed by atoms with Gasteiger partial charge in [0, 0.05) is 11.1 Å². The number of aryl methyl sites for hydroxylation is 1. The van der Waals surface area contributed by atoms with Gasteiger partial charge in [0.15, 0.2) is 11.5 Å². The molecule has 0 saturated carbocycles. The first-order chi connectivity index (χ1) is 12.5.